The molecule has 1 heterocycles. The van der Waals surface area contributed by atoms with E-state index in [0.29, 0.717) is 12.4 Å². The van der Waals surface area contributed by atoms with Gasteiger partial charge < -0.3 is 14.4 Å². The van der Waals surface area contributed by atoms with Crippen molar-refractivity contribution in [2.24, 2.45) is 0 Å². The maximum Gasteiger partial charge on any atom is 0.512 e. The van der Waals surface area contributed by atoms with Crippen LogP contribution in [0.1, 0.15) is 5.56 Å². The largest absolute Gasteiger partial charge is 0.512 e. The zero-order valence-corrected chi connectivity index (χ0v) is 12.8. The average molecular weight is 317 g/mol. The Bertz CT molecular complexity index is 1030. The number of ether oxygens (including phenoxy) is 1. The van der Waals surface area contributed by atoms with Gasteiger partial charge in [0.15, 0.2) is 0 Å². The van der Waals surface area contributed by atoms with Crippen LogP contribution in [-0.4, -0.2) is 15.8 Å². The summed E-state index contributed by atoms with van der Waals surface area (Å²) in [4.78, 5) is 11.1. The molecule has 0 unspecified atom stereocenters. The molecule has 4 heteroatoms. The molecule has 0 spiro atoms. The first-order chi connectivity index (χ1) is 11.7. The van der Waals surface area contributed by atoms with Crippen LogP contribution >= 0.6 is 0 Å². The summed E-state index contributed by atoms with van der Waals surface area (Å²) in [5.74, 6) is 0.331. The maximum absolute atomic E-state index is 11.1. The average Bonchev–Trinajstić information content (AvgIpc) is 2.93. The molecule has 24 heavy (non-hydrogen) atoms. The molecule has 1 aromatic heterocycles. The molecule has 0 aliphatic heterocycles. The summed E-state index contributed by atoms with van der Waals surface area (Å²) >= 11 is 0. The van der Waals surface area contributed by atoms with Gasteiger partial charge in [0.1, 0.15) is 0 Å². The number of carbonyl (C=O) groups is 1. The Balaban J connectivity index is 1.94. The van der Waals surface area contributed by atoms with Crippen LogP contribution in [0.15, 0.2) is 72.8 Å². The zero-order valence-electron chi connectivity index (χ0n) is 12.8. The summed E-state index contributed by atoms with van der Waals surface area (Å²) in [6, 6.07) is 23.8. The van der Waals surface area contributed by atoms with E-state index in [-0.39, 0.29) is 0 Å². The summed E-state index contributed by atoms with van der Waals surface area (Å²) in [5.41, 5.74) is 2.03. The number of rotatable bonds is 3. The zero-order chi connectivity index (χ0) is 16.5. The first kappa shape index (κ1) is 14.3. The Hall–Kier alpha value is -3.27. The van der Waals surface area contributed by atoms with Gasteiger partial charge in [-0.3, -0.25) is 0 Å². The van der Waals surface area contributed by atoms with Crippen molar-refractivity contribution < 1.29 is 14.6 Å². The number of nitrogens with zero attached hydrogens (tertiary/aromatic N) is 1. The Morgan fingerprint density at radius 3 is 2.46 bits per heavy atom. The minimum atomic E-state index is -1.31. The van der Waals surface area contributed by atoms with Gasteiger partial charge in [-0.1, -0.05) is 60.7 Å². The van der Waals surface area contributed by atoms with E-state index in [1.807, 2.05) is 71.3 Å². The van der Waals surface area contributed by atoms with Gasteiger partial charge in [0, 0.05) is 11.5 Å². The number of aromatic nitrogens is 1. The van der Waals surface area contributed by atoms with E-state index in [0.717, 1.165) is 27.2 Å². The van der Waals surface area contributed by atoms with E-state index in [4.69, 9.17) is 9.84 Å². The summed E-state index contributed by atoms with van der Waals surface area (Å²) in [6.07, 6.45) is -1.31. The van der Waals surface area contributed by atoms with Crippen LogP contribution in [0, 0.1) is 0 Å². The van der Waals surface area contributed by atoms with Crippen LogP contribution in [-0.2, 0) is 6.54 Å². The predicted octanol–water partition coefficient (Wildman–Crippen LogP) is 4.90. The van der Waals surface area contributed by atoms with Crippen LogP contribution in [0.25, 0.3) is 21.7 Å². The van der Waals surface area contributed by atoms with Gasteiger partial charge in [0.2, 0.25) is 5.88 Å². The number of fused-ring (bicyclic) bond motifs is 3. The highest BCUT2D eigenvalue weighted by Crippen LogP contribution is 2.32. The molecule has 0 radical (unpaired) electrons. The third kappa shape index (κ3) is 2.48. The molecule has 0 aliphatic rings. The standard InChI is InChI=1S/C20H15NO3/c22-20(23)24-19-12-17-16-9-5-4-8-15(16)10-11-18(17)21(19)13-14-6-2-1-3-7-14/h1-12H,13H2,(H,22,23). The lowest BCUT2D eigenvalue weighted by molar-refractivity contribution is 0.141. The van der Waals surface area contributed by atoms with Crippen LogP contribution in [0.5, 0.6) is 5.88 Å². The fourth-order valence-corrected chi connectivity index (χ4v) is 3.09. The van der Waals surface area contributed by atoms with Gasteiger partial charge in [-0.25, -0.2) is 4.79 Å². The Labute approximate surface area is 138 Å². The maximum atomic E-state index is 11.1. The molecule has 0 saturated heterocycles. The molecule has 0 saturated carbocycles. The van der Waals surface area contributed by atoms with Gasteiger partial charge in [-0.15, -0.1) is 0 Å². The van der Waals surface area contributed by atoms with Crippen molar-refractivity contribution in [2.75, 3.05) is 0 Å². The number of hydrogen-bond donors (Lipinski definition) is 1. The minimum absolute atomic E-state index is 0.331. The van der Waals surface area contributed by atoms with Crippen LogP contribution in [0.4, 0.5) is 4.79 Å². The first-order valence-electron chi connectivity index (χ1n) is 7.68. The van der Waals surface area contributed by atoms with E-state index in [1.54, 1.807) is 6.07 Å². The fraction of sp³-hybridized carbons (Fsp3) is 0.0500. The highest BCUT2D eigenvalue weighted by Gasteiger charge is 2.15. The highest BCUT2D eigenvalue weighted by atomic mass is 16.7. The Kier molecular flexibility index (Phi) is 3.43. The molecule has 1 N–H and O–H groups in total. The van der Waals surface area contributed by atoms with Crippen LogP contribution in [0.3, 0.4) is 0 Å². The van der Waals surface area contributed by atoms with E-state index in [1.165, 1.54) is 0 Å². The van der Waals surface area contributed by atoms with Gasteiger partial charge in [-0.2, -0.15) is 0 Å². The topological polar surface area (TPSA) is 51.5 Å². The predicted molar refractivity (Wildman–Crippen MR) is 93.6 cm³/mol. The molecule has 0 atom stereocenters. The molecule has 0 amide bonds. The number of hydrogen-bond acceptors (Lipinski definition) is 2. The smallest absolute Gasteiger partial charge is 0.449 e. The third-order valence-corrected chi connectivity index (χ3v) is 4.15. The van der Waals surface area contributed by atoms with E-state index < -0.39 is 6.16 Å². The molecule has 4 aromatic rings. The van der Waals surface area contributed by atoms with Gasteiger partial charge in [0.25, 0.3) is 0 Å². The second-order valence-corrected chi connectivity index (χ2v) is 5.64. The molecule has 4 nitrogen and oxygen atoms in total. The van der Waals surface area contributed by atoms with Crippen molar-refractivity contribution in [3.63, 3.8) is 0 Å². The monoisotopic (exact) mass is 317 g/mol. The SMILES string of the molecule is O=C(O)Oc1cc2c3ccccc3ccc2n1Cc1ccccc1. The second kappa shape index (κ2) is 5.74. The molecule has 0 bridgehead atoms. The van der Waals surface area contributed by atoms with Crippen molar-refractivity contribution in [2.45, 2.75) is 6.54 Å². The van der Waals surface area contributed by atoms with Crippen molar-refractivity contribution in [1.82, 2.24) is 4.57 Å². The van der Waals surface area contributed by atoms with Crippen LogP contribution < -0.4 is 4.74 Å². The normalized spacial score (nSPS) is 11.0. The quantitative estimate of drug-likeness (QED) is 0.547. The summed E-state index contributed by atoms with van der Waals surface area (Å²) in [7, 11) is 0. The first-order valence-corrected chi connectivity index (χ1v) is 7.68. The lowest BCUT2D eigenvalue weighted by atomic mass is 10.1. The summed E-state index contributed by atoms with van der Waals surface area (Å²) in [6.45, 7) is 0.547. The van der Waals surface area contributed by atoms with E-state index >= 15 is 0 Å². The lowest BCUT2D eigenvalue weighted by Crippen LogP contribution is -2.09. The number of carboxylic acid groups (broad SMARTS) is 1. The van der Waals surface area contributed by atoms with Crippen molar-refractivity contribution in [3.8, 4) is 5.88 Å². The number of benzene rings is 3. The molecule has 118 valence electrons. The van der Waals surface area contributed by atoms with Crippen molar-refractivity contribution in [3.05, 3.63) is 78.4 Å². The van der Waals surface area contributed by atoms with Crippen LogP contribution in [0.2, 0.25) is 0 Å². The van der Waals surface area contributed by atoms with Gasteiger partial charge in [-0.05, 0) is 22.4 Å². The second-order valence-electron chi connectivity index (χ2n) is 5.64. The molecule has 3 aromatic carbocycles. The molecular weight excluding hydrogens is 302 g/mol. The summed E-state index contributed by atoms with van der Waals surface area (Å²) < 4.78 is 6.93. The van der Waals surface area contributed by atoms with Gasteiger partial charge >= 0.3 is 6.16 Å². The molecule has 0 aliphatic carbocycles. The molecular formula is C20H15NO3. The van der Waals surface area contributed by atoms with Gasteiger partial charge in [0.05, 0.1) is 12.1 Å². The Morgan fingerprint density at radius 2 is 1.67 bits per heavy atom. The lowest BCUT2D eigenvalue weighted by Gasteiger charge is -2.10. The fourth-order valence-electron chi connectivity index (χ4n) is 3.09. The molecule has 4 rings (SSSR count). The summed E-state index contributed by atoms with van der Waals surface area (Å²) in [5, 5.41) is 12.2. The van der Waals surface area contributed by atoms with Crippen molar-refractivity contribution in [1.29, 1.82) is 0 Å². The minimum Gasteiger partial charge on any atom is -0.449 e. The third-order valence-electron chi connectivity index (χ3n) is 4.15. The highest BCUT2D eigenvalue weighted by molar-refractivity contribution is 6.07. The van der Waals surface area contributed by atoms with E-state index in [2.05, 4.69) is 0 Å². The van der Waals surface area contributed by atoms with Crippen molar-refractivity contribution >= 4 is 27.8 Å². The Morgan fingerprint density at radius 1 is 0.917 bits per heavy atom. The van der Waals surface area contributed by atoms with E-state index in [9.17, 15) is 4.79 Å². The molecule has 0 fully saturated rings.